The first kappa shape index (κ1) is 12.4. The number of benzene rings is 2. The number of aromatic nitrogens is 1. The molecule has 3 rings (SSSR count). The van der Waals surface area contributed by atoms with Gasteiger partial charge in [0.05, 0.1) is 11.1 Å². The van der Waals surface area contributed by atoms with Gasteiger partial charge in [-0.3, -0.25) is 0 Å². The molecule has 0 spiro atoms. The van der Waals surface area contributed by atoms with Crippen molar-refractivity contribution in [1.82, 2.24) is 5.16 Å². The number of nitrogens with zero attached hydrogens (tertiary/aromatic N) is 1. The molecule has 0 radical (unpaired) electrons. The molecule has 0 bridgehead atoms. The van der Waals surface area contributed by atoms with Crippen LogP contribution < -0.4 is 5.73 Å². The van der Waals surface area contributed by atoms with Crippen LogP contribution in [0.5, 0.6) is 0 Å². The van der Waals surface area contributed by atoms with E-state index in [2.05, 4.69) is 5.16 Å². The van der Waals surface area contributed by atoms with Gasteiger partial charge in [-0.15, -0.1) is 0 Å². The average Bonchev–Trinajstić information content (AvgIpc) is 2.81. The zero-order chi connectivity index (χ0) is 14.1. The second-order valence-electron chi connectivity index (χ2n) is 4.62. The molecular weight excluding hydrogens is 255 g/mol. The molecule has 3 aromatic rings. The highest BCUT2D eigenvalue weighted by atomic mass is 19.1. The Labute approximate surface area is 115 Å². The van der Waals surface area contributed by atoms with Gasteiger partial charge in [-0.05, 0) is 30.2 Å². The summed E-state index contributed by atoms with van der Waals surface area (Å²) in [6.07, 6.45) is 0. The van der Waals surface area contributed by atoms with E-state index in [9.17, 15) is 4.39 Å². The largest absolute Gasteiger partial charge is 0.380 e. The van der Waals surface area contributed by atoms with Gasteiger partial charge in [0.1, 0.15) is 5.82 Å². The minimum absolute atomic E-state index is 0.256. The molecule has 0 atom stereocenters. The quantitative estimate of drug-likeness (QED) is 0.763. The molecular formula is C16H13FN2O. The summed E-state index contributed by atoms with van der Waals surface area (Å²) < 4.78 is 19.4. The fourth-order valence-electron chi connectivity index (χ4n) is 2.17. The second-order valence-corrected chi connectivity index (χ2v) is 4.62. The van der Waals surface area contributed by atoms with Crippen LogP contribution in [0.15, 0.2) is 53.1 Å². The molecule has 2 N–H and O–H groups in total. The lowest BCUT2D eigenvalue weighted by atomic mass is 10.0. The van der Waals surface area contributed by atoms with Crippen molar-refractivity contribution in [1.29, 1.82) is 0 Å². The molecule has 4 heteroatoms. The molecule has 0 saturated heterocycles. The van der Waals surface area contributed by atoms with Crippen molar-refractivity contribution < 1.29 is 8.91 Å². The third kappa shape index (κ3) is 2.05. The van der Waals surface area contributed by atoms with Crippen LogP contribution in [0, 0.1) is 12.7 Å². The molecule has 1 heterocycles. The normalized spacial score (nSPS) is 10.7. The van der Waals surface area contributed by atoms with Crippen LogP contribution in [0.25, 0.3) is 22.5 Å². The Hall–Kier alpha value is -2.62. The summed E-state index contributed by atoms with van der Waals surface area (Å²) in [7, 11) is 0. The molecule has 100 valence electrons. The summed E-state index contributed by atoms with van der Waals surface area (Å²) in [5, 5.41) is 3.77. The standard InChI is InChI=1S/C16H13FN2O/c1-10-7-8-12(13(17)9-10)15-14(16(18)19-20-15)11-5-3-2-4-6-11/h2-9H,1H3,(H2,18,19). The number of aryl methyl sites for hydroxylation is 1. The highest BCUT2D eigenvalue weighted by Crippen LogP contribution is 2.37. The van der Waals surface area contributed by atoms with Crippen LogP contribution in [0.2, 0.25) is 0 Å². The molecule has 3 nitrogen and oxygen atoms in total. The fourth-order valence-corrected chi connectivity index (χ4v) is 2.17. The zero-order valence-electron chi connectivity index (χ0n) is 10.9. The van der Waals surface area contributed by atoms with Gasteiger partial charge in [-0.25, -0.2) is 4.39 Å². The third-order valence-electron chi connectivity index (χ3n) is 3.15. The lowest BCUT2D eigenvalue weighted by molar-refractivity contribution is 0.433. The van der Waals surface area contributed by atoms with Gasteiger partial charge in [0, 0.05) is 0 Å². The number of anilines is 1. The van der Waals surface area contributed by atoms with E-state index in [1.807, 2.05) is 43.3 Å². The highest BCUT2D eigenvalue weighted by molar-refractivity contribution is 5.86. The van der Waals surface area contributed by atoms with Crippen molar-refractivity contribution >= 4 is 5.82 Å². The Morgan fingerprint density at radius 3 is 2.55 bits per heavy atom. The van der Waals surface area contributed by atoms with E-state index in [0.717, 1.165) is 11.1 Å². The first-order chi connectivity index (χ1) is 9.66. The number of nitrogens with two attached hydrogens (primary N) is 1. The van der Waals surface area contributed by atoms with Crippen molar-refractivity contribution in [3.05, 3.63) is 59.9 Å². The van der Waals surface area contributed by atoms with E-state index in [0.29, 0.717) is 16.9 Å². The van der Waals surface area contributed by atoms with Gasteiger partial charge in [-0.1, -0.05) is 41.6 Å². The fraction of sp³-hybridized carbons (Fsp3) is 0.0625. The molecule has 0 aliphatic rings. The van der Waals surface area contributed by atoms with E-state index in [1.54, 1.807) is 6.07 Å². The van der Waals surface area contributed by atoms with Crippen molar-refractivity contribution in [3.63, 3.8) is 0 Å². The smallest absolute Gasteiger partial charge is 0.179 e. The van der Waals surface area contributed by atoms with E-state index in [1.165, 1.54) is 6.07 Å². The van der Waals surface area contributed by atoms with Crippen LogP contribution in [-0.2, 0) is 0 Å². The number of halogens is 1. The first-order valence-electron chi connectivity index (χ1n) is 6.24. The topological polar surface area (TPSA) is 52.0 Å². The maximum absolute atomic E-state index is 14.1. The Morgan fingerprint density at radius 1 is 1.10 bits per heavy atom. The van der Waals surface area contributed by atoms with Gasteiger partial charge >= 0.3 is 0 Å². The molecule has 0 aliphatic carbocycles. The molecule has 2 aromatic carbocycles. The Morgan fingerprint density at radius 2 is 1.85 bits per heavy atom. The maximum Gasteiger partial charge on any atom is 0.179 e. The van der Waals surface area contributed by atoms with Crippen LogP contribution >= 0.6 is 0 Å². The van der Waals surface area contributed by atoms with Crippen molar-refractivity contribution in [2.75, 3.05) is 5.73 Å². The Balaban J connectivity index is 2.21. The SMILES string of the molecule is Cc1ccc(-c2onc(N)c2-c2ccccc2)c(F)c1. The van der Waals surface area contributed by atoms with Crippen LogP contribution in [0.3, 0.4) is 0 Å². The van der Waals surface area contributed by atoms with Crippen LogP contribution in [0.1, 0.15) is 5.56 Å². The predicted octanol–water partition coefficient (Wildman–Crippen LogP) is 4.04. The molecule has 0 amide bonds. The van der Waals surface area contributed by atoms with Crippen molar-refractivity contribution in [2.45, 2.75) is 6.92 Å². The third-order valence-corrected chi connectivity index (χ3v) is 3.15. The number of nitrogen functional groups attached to an aromatic ring is 1. The number of hydrogen-bond acceptors (Lipinski definition) is 3. The summed E-state index contributed by atoms with van der Waals surface area (Å²) in [6, 6.07) is 14.4. The lowest BCUT2D eigenvalue weighted by Gasteiger charge is -2.04. The second kappa shape index (κ2) is 4.81. The van der Waals surface area contributed by atoms with Crippen molar-refractivity contribution in [2.24, 2.45) is 0 Å². The zero-order valence-corrected chi connectivity index (χ0v) is 10.9. The van der Waals surface area contributed by atoms with E-state index >= 15 is 0 Å². The average molecular weight is 268 g/mol. The van der Waals surface area contributed by atoms with Gasteiger partial charge in [0.25, 0.3) is 0 Å². The molecule has 0 aliphatic heterocycles. The van der Waals surface area contributed by atoms with E-state index < -0.39 is 0 Å². The molecule has 0 saturated carbocycles. The Bertz CT molecular complexity index is 750. The number of hydrogen-bond donors (Lipinski definition) is 1. The first-order valence-corrected chi connectivity index (χ1v) is 6.24. The molecule has 0 unspecified atom stereocenters. The monoisotopic (exact) mass is 268 g/mol. The summed E-state index contributed by atoms with van der Waals surface area (Å²) in [5.74, 6) is 0.260. The Kier molecular flexibility index (Phi) is 2.99. The minimum Gasteiger partial charge on any atom is -0.380 e. The van der Waals surface area contributed by atoms with Crippen LogP contribution in [-0.4, -0.2) is 5.16 Å². The van der Waals surface area contributed by atoms with Crippen LogP contribution in [0.4, 0.5) is 10.2 Å². The number of rotatable bonds is 2. The van der Waals surface area contributed by atoms with Gasteiger partial charge in [-0.2, -0.15) is 0 Å². The summed E-state index contributed by atoms with van der Waals surface area (Å²) in [6.45, 7) is 1.83. The summed E-state index contributed by atoms with van der Waals surface area (Å²) in [4.78, 5) is 0. The van der Waals surface area contributed by atoms with Crippen molar-refractivity contribution in [3.8, 4) is 22.5 Å². The van der Waals surface area contributed by atoms with Gasteiger partial charge in [0.15, 0.2) is 11.6 Å². The van der Waals surface area contributed by atoms with E-state index in [4.69, 9.17) is 10.3 Å². The lowest BCUT2D eigenvalue weighted by Crippen LogP contribution is -1.90. The highest BCUT2D eigenvalue weighted by Gasteiger charge is 2.20. The maximum atomic E-state index is 14.1. The molecule has 0 fully saturated rings. The molecule has 20 heavy (non-hydrogen) atoms. The minimum atomic E-state index is -0.349. The predicted molar refractivity (Wildman–Crippen MR) is 76.5 cm³/mol. The summed E-state index contributed by atoms with van der Waals surface area (Å²) >= 11 is 0. The van der Waals surface area contributed by atoms with E-state index in [-0.39, 0.29) is 11.6 Å². The molecule has 1 aromatic heterocycles. The summed E-state index contributed by atoms with van der Waals surface area (Å²) in [5.41, 5.74) is 8.54. The van der Waals surface area contributed by atoms with Gasteiger partial charge < -0.3 is 10.3 Å². The van der Waals surface area contributed by atoms with Gasteiger partial charge in [0.2, 0.25) is 0 Å².